The molecule has 1 aromatic carbocycles. The van der Waals surface area contributed by atoms with Crippen LogP contribution < -0.4 is 10.2 Å². The summed E-state index contributed by atoms with van der Waals surface area (Å²) in [7, 11) is 0. The third kappa shape index (κ3) is 5.70. The third-order valence-corrected chi connectivity index (χ3v) is 4.39. The molecule has 3 unspecified atom stereocenters. The van der Waals surface area contributed by atoms with E-state index in [4.69, 9.17) is 0 Å². The quantitative estimate of drug-likeness (QED) is 0.430. The summed E-state index contributed by atoms with van der Waals surface area (Å²) in [6, 6.07) is 6.07. The van der Waals surface area contributed by atoms with Crippen LogP contribution in [0.15, 0.2) is 58.2 Å². The van der Waals surface area contributed by atoms with E-state index in [9.17, 15) is 10.2 Å². The van der Waals surface area contributed by atoms with E-state index in [2.05, 4.69) is 20.6 Å². The first-order chi connectivity index (χ1) is 12.5. The molecule has 7 heteroatoms. The van der Waals surface area contributed by atoms with Gasteiger partial charge in [0.1, 0.15) is 0 Å². The van der Waals surface area contributed by atoms with Crippen molar-refractivity contribution in [1.82, 2.24) is 0 Å². The molecule has 0 aromatic heterocycles. The van der Waals surface area contributed by atoms with Gasteiger partial charge in [-0.05, 0) is 18.0 Å². The molecule has 2 aliphatic rings. The number of benzene rings is 1. The van der Waals surface area contributed by atoms with Crippen molar-refractivity contribution in [3.63, 3.8) is 0 Å². The molecule has 0 N–H and O–H groups in total. The van der Waals surface area contributed by atoms with Crippen molar-refractivity contribution in [3.05, 3.63) is 58.8 Å². The van der Waals surface area contributed by atoms with E-state index in [0.717, 1.165) is 25.0 Å². The Hall–Kier alpha value is -2.08. The number of allylic oxidation sites excluding steroid dienone is 3. The zero-order valence-electron chi connectivity index (χ0n) is 15.3. The molecule has 1 fully saturated rings. The van der Waals surface area contributed by atoms with Gasteiger partial charge in [0.15, 0.2) is 0 Å². The van der Waals surface area contributed by atoms with E-state index in [-0.39, 0.29) is 34.9 Å². The van der Waals surface area contributed by atoms with Crippen molar-refractivity contribution in [1.29, 1.82) is 0 Å². The monoisotopic (exact) mass is 413 g/mol. The van der Waals surface area contributed by atoms with Crippen LogP contribution in [0, 0.1) is 0 Å². The summed E-state index contributed by atoms with van der Waals surface area (Å²) < 4.78 is 0. The van der Waals surface area contributed by atoms with Crippen molar-refractivity contribution < 1.29 is 27.3 Å². The molecule has 1 radical (unpaired) electrons. The molecule has 6 nitrogen and oxygen atoms in total. The Kier molecular flexibility index (Phi) is 7.65. The van der Waals surface area contributed by atoms with Gasteiger partial charge in [-0.3, -0.25) is 9.98 Å². The second-order valence-electron chi connectivity index (χ2n) is 6.60. The molecular formula is C20H22CuN4O2-4. The van der Waals surface area contributed by atoms with Crippen LogP contribution >= 0.6 is 0 Å². The Bertz CT molecular complexity index is 773. The summed E-state index contributed by atoms with van der Waals surface area (Å²) in [6.07, 6.45) is 8.04. The van der Waals surface area contributed by atoms with Crippen molar-refractivity contribution in [3.8, 4) is 0 Å². The summed E-state index contributed by atoms with van der Waals surface area (Å²) >= 11 is 0. The van der Waals surface area contributed by atoms with Gasteiger partial charge in [-0.2, -0.15) is 5.70 Å². The average Bonchev–Trinajstić information content (AvgIpc) is 2.63. The molecule has 2 aliphatic heterocycles. The predicted molar refractivity (Wildman–Crippen MR) is 101 cm³/mol. The maximum absolute atomic E-state index is 12.5. The average molecular weight is 414 g/mol. The number of hydrogen-bond donors (Lipinski definition) is 0. The van der Waals surface area contributed by atoms with Gasteiger partial charge in [0.25, 0.3) is 0 Å². The van der Waals surface area contributed by atoms with Gasteiger partial charge in [-0.25, -0.2) is 0 Å². The zero-order valence-corrected chi connectivity index (χ0v) is 16.2. The largest absolute Gasteiger partial charge is 0.863 e. The maximum atomic E-state index is 12.5. The number of aliphatic imine (C=N–C) groups is 2. The SMILES string of the molecule is CC1=CC=CC(C([O-])=Nc2ccccc2N=C([O-])C2CCCC(C)[N-]2)[N-]1.[Cu]. The van der Waals surface area contributed by atoms with Crippen LogP contribution in [0.25, 0.3) is 10.6 Å². The topological polar surface area (TPSA) is 99.0 Å². The van der Waals surface area contributed by atoms with Gasteiger partial charge in [-0.1, -0.05) is 75.4 Å². The van der Waals surface area contributed by atoms with E-state index in [0.29, 0.717) is 11.4 Å². The van der Waals surface area contributed by atoms with E-state index < -0.39 is 12.1 Å². The second kappa shape index (κ2) is 9.74. The Balaban J connectivity index is 0.00000261. The molecule has 0 saturated carbocycles. The van der Waals surface area contributed by atoms with Crippen LogP contribution in [0.4, 0.5) is 11.4 Å². The Morgan fingerprint density at radius 2 is 1.74 bits per heavy atom. The van der Waals surface area contributed by atoms with E-state index >= 15 is 0 Å². The normalized spacial score (nSPS) is 26.0. The van der Waals surface area contributed by atoms with Gasteiger partial charge >= 0.3 is 0 Å². The summed E-state index contributed by atoms with van der Waals surface area (Å²) in [4.78, 5) is 8.33. The zero-order chi connectivity index (χ0) is 18.5. The van der Waals surface area contributed by atoms with Gasteiger partial charge < -0.3 is 20.8 Å². The van der Waals surface area contributed by atoms with Crippen LogP contribution in [0.1, 0.15) is 33.1 Å². The molecule has 3 rings (SSSR count). The smallest absolute Gasteiger partial charge is 0.0874 e. The molecule has 2 heterocycles. The van der Waals surface area contributed by atoms with Gasteiger partial charge in [0.2, 0.25) is 0 Å². The number of piperidine rings is 1. The molecular weight excluding hydrogens is 392 g/mol. The molecule has 1 aromatic rings. The predicted octanol–water partition coefficient (Wildman–Crippen LogP) is 3.00. The molecule has 3 atom stereocenters. The Morgan fingerprint density at radius 1 is 1.07 bits per heavy atom. The van der Waals surface area contributed by atoms with Gasteiger partial charge in [-0.15, -0.1) is 12.1 Å². The van der Waals surface area contributed by atoms with Crippen LogP contribution in [0.3, 0.4) is 0 Å². The van der Waals surface area contributed by atoms with Crippen molar-refractivity contribution in [2.45, 2.75) is 51.2 Å². The van der Waals surface area contributed by atoms with Crippen molar-refractivity contribution in [2.75, 3.05) is 0 Å². The molecule has 27 heavy (non-hydrogen) atoms. The number of para-hydroxylation sites is 2. The molecule has 149 valence electrons. The minimum Gasteiger partial charge on any atom is -0.863 e. The maximum Gasteiger partial charge on any atom is 0.0874 e. The van der Waals surface area contributed by atoms with Crippen LogP contribution in [-0.2, 0) is 17.1 Å². The summed E-state index contributed by atoms with van der Waals surface area (Å²) in [5.41, 5.74) is 1.55. The van der Waals surface area contributed by atoms with Crippen molar-refractivity contribution in [2.24, 2.45) is 9.98 Å². The third-order valence-electron chi connectivity index (χ3n) is 4.39. The van der Waals surface area contributed by atoms with Crippen molar-refractivity contribution >= 4 is 23.2 Å². The number of rotatable bonds is 4. The molecule has 0 amide bonds. The number of hydrogen-bond acceptors (Lipinski definition) is 4. The first-order valence-electron chi connectivity index (χ1n) is 8.89. The van der Waals surface area contributed by atoms with E-state index in [1.807, 2.05) is 19.9 Å². The Labute approximate surface area is 170 Å². The van der Waals surface area contributed by atoms with E-state index in [1.54, 1.807) is 36.4 Å². The first-order valence-corrected chi connectivity index (χ1v) is 8.89. The fourth-order valence-electron chi connectivity index (χ4n) is 3.02. The molecule has 0 bridgehead atoms. The summed E-state index contributed by atoms with van der Waals surface area (Å²) in [5.74, 6) is -0.646. The fourth-order valence-corrected chi connectivity index (χ4v) is 3.02. The van der Waals surface area contributed by atoms with Gasteiger partial charge in [0.05, 0.1) is 11.4 Å². The minimum atomic E-state index is -0.627. The fraction of sp³-hybridized carbons (Fsp3) is 0.400. The second-order valence-corrected chi connectivity index (χ2v) is 6.60. The molecule has 1 saturated heterocycles. The van der Waals surface area contributed by atoms with Crippen LogP contribution in [0.2, 0.25) is 0 Å². The minimum absolute atomic E-state index is 0. The van der Waals surface area contributed by atoms with Gasteiger partial charge in [0, 0.05) is 17.1 Å². The van der Waals surface area contributed by atoms with Crippen LogP contribution in [-0.4, -0.2) is 29.9 Å². The summed E-state index contributed by atoms with van der Waals surface area (Å²) in [5, 5.41) is 33.6. The standard InChI is InChI=1S/C20H24N4O2.Cu/c1-13-7-5-11-17(21-13)19(25)23-15-9-3-4-10-16(15)24-20(26)18-12-6-8-14(2)22-18;/h3-5,7,9-11,14,17-18H,6,8,12H2,1-2H3,(H,23,25)(H,24,26);/q-2;/p-2. The molecule has 0 spiro atoms. The van der Waals surface area contributed by atoms with Crippen LogP contribution in [0.5, 0.6) is 0 Å². The molecule has 0 aliphatic carbocycles. The summed E-state index contributed by atoms with van der Waals surface area (Å²) in [6.45, 7) is 3.85. The Morgan fingerprint density at radius 3 is 2.37 bits per heavy atom. The number of nitrogens with zero attached hydrogens (tertiary/aromatic N) is 4. The first kappa shape index (κ1) is 21.2. The van der Waals surface area contributed by atoms with E-state index in [1.165, 1.54) is 0 Å².